The number of hydrogen-bond acceptors (Lipinski definition) is 8. The van der Waals surface area contributed by atoms with Gasteiger partial charge in [-0.2, -0.15) is 0 Å². The van der Waals surface area contributed by atoms with Crippen LogP contribution in [0.5, 0.6) is 0 Å². The molecule has 164 valence electrons. The van der Waals surface area contributed by atoms with E-state index in [0.717, 1.165) is 12.8 Å². The fourth-order valence-corrected chi connectivity index (χ4v) is 2.14. The molecule has 0 heterocycles. The first-order valence-electron chi connectivity index (χ1n) is 10.8. The van der Waals surface area contributed by atoms with Gasteiger partial charge >= 0.3 is 0 Å². The summed E-state index contributed by atoms with van der Waals surface area (Å²) in [6.07, 6.45) is 4.51. The maximum absolute atomic E-state index is 12.0. The second-order valence-electron chi connectivity index (χ2n) is 6.14. The van der Waals surface area contributed by atoms with E-state index in [0.29, 0.717) is 25.7 Å². The van der Waals surface area contributed by atoms with E-state index >= 15 is 0 Å². The molecule has 0 saturated carbocycles. The molecule has 9 heteroatoms. The Morgan fingerprint density at radius 2 is 1.54 bits per heavy atom. The molecule has 0 aromatic carbocycles. The lowest BCUT2D eigenvalue weighted by Gasteiger charge is -2.17. The third-order valence-electron chi connectivity index (χ3n) is 3.58. The summed E-state index contributed by atoms with van der Waals surface area (Å²) in [5, 5.41) is 2.53. The predicted octanol–water partition coefficient (Wildman–Crippen LogP) is 1.52. The van der Waals surface area contributed by atoms with E-state index in [4.69, 9.17) is 8.64 Å². The van der Waals surface area contributed by atoms with Gasteiger partial charge < -0.3 is 5.32 Å². The van der Waals surface area contributed by atoms with Gasteiger partial charge in [0.15, 0.2) is 11.6 Å². The van der Waals surface area contributed by atoms with E-state index < -0.39 is 11.9 Å². The van der Waals surface area contributed by atoms with E-state index in [1.54, 1.807) is 0 Å². The van der Waals surface area contributed by atoms with Crippen LogP contribution in [0.15, 0.2) is 0 Å². The van der Waals surface area contributed by atoms with Gasteiger partial charge in [-0.15, -0.1) is 0 Å². The molecule has 0 fully saturated rings. The van der Waals surface area contributed by atoms with Crippen molar-refractivity contribution in [3.8, 4) is 0 Å². The molecule has 0 spiro atoms. The highest BCUT2D eigenvalue weighted by atomic mass is 16.6. The van der Waals surface area contributed by atoms with Crippen LogP contribution in [0, 0.1) is 0 Å². The van der Waals surface area contributed by atoms with Crippen molar-refractivity contribution in [1.82, 2.24) is 5.32 Å². The summed E-state index contributed by atoms with van der Waals surface area (Å²) in [5.41, 5.74) is 0. The number of Topliss-reactive ketones (excluding diaryl/α,β-unsaturated/α-hetero) is 3. The molecule has 0 bridgehead atoms. The highest BCUT2D eigenvalue weighted by molar-refractivity contribution is 5.90. The van der Waals surface area contributed by atoms with Crippen molar-refractivity contribution in [3.05, 3.63) is 0 Å². The Morgan fingerprint density at radius 1 is 0.893 bits per heavy atom. The van der Waals surface area contributed by atoms with Gasteiger partial charge in [0.25, 0.3) is 0 Å². The average molecular weight is 406 g/mol. The van der Waals surface area contributed by atoms with Gasteiger partial charge in [-0.25, -0.2) is 11.8 Å². The number of rotatable bonds is 16. The third-order valence-corrected chi connectivity index (χ3v) is 3.58. The zero-order valence-corrected chi connectivity index (χ0v) is 16.9. The number of carbonyl (C=O) groups excluding carboxylic acids is 4. The van der Waals surface area contributed by atoms with Crippen LogP contribution in [0.4, 0.5) is 0 Å². The Labute approximate surface area is 170 Å². The van der Waals surface area contributed by atoms with Crippen molar-refractivity contribution in [3.63, 3.8) is 0 Å². The van der Waals surface area contributed by atoms with E-state index in [9.17, 15) is 19.2 Å². The summed E-state index contributed by atoms with van der Waals surface area (Å²) in [7, 11) is 0. The van der Waals surface area contributed by atoms with E-state index in [1.807, 2.05) is 6.92 Å². The molecular weight excluding hydrogens is 366 g/mol. The molecule has 0 saturated heterocycles. The fourth-order valence-electron chi connectivity index (χ4n) is 2.14. The maximum atomic E-state index is 12.0. The Balaban J connectivity index is 0. The summed E-state index contributed by atoms with van der Waals surface area (Å²) < 4.78 is 13.8. The van der Waals surface area contributed by atoms with Gasteiger partial charge in [0.05, 0.1) is 6.04 Å². The van der Waals surface area contributed by atoms with E-state index in [2.05, 4.69) is 20.9 Å². The SMILES string of the molecule is [2H]CCCC(=O)C(CCC(=O)CCCC)NC(=O)CON.[2H]CCCC(=O)CON. The molecule has 1 atom stereocenters. The van der Waals surface area contributed by atoms with Gasteiger partial charge in [-0.3, -0.25) is 28.9 Å². The molecule has 0 aliphatic carbocycles. The first-order chi connectivity index (χ1) is 14.4. The molecule has 0 rings (SSSR count). The third kappa shape index (κ3) is 17.7. The number of amides is 1. The van der Waals surface area contributed by atoms with Gasteiger partial charge in [-0.1, -0.05) is 27.1 Å². The van der Waals surface area contributed by atoms with Crippen LogP contribution in [0.1, 0.15) is 81.3 Å². The normalized spacial score (nSPS) is 12.1. The van der Waals surface area contributed by atoms with Crippen molar-refractivity contribution in [2.45, 2.75) is 84.6 Å². The molecule has 0 aliphatic heterocycles. The number of unbranched alkanes of at least 4 members (excludes halogenated alkanes) is 1. The average Bonchev–Trinajstić information content (AvgIpc) is 2.72. The van der Waals surface area contributed by atoms with Crippen LogP contribution in [0.3, 0.4) is 0 Å². The van der Waals surface area contributed by atoms with Gasteiger partial charge in [0, 0.05) is 28.4 Å². The van der Waals surface area contributed by atoms with Crippen molar-refractivity contribution >= 4 is 23.3 Å². The number of carbonyl (C=O) groups is 4. The Kier molecular flexibility index (Phi) is 17.5. The molecule has 0 aromatic rings. The minimum absolute atomic E-state index is 0.0278. The Morgan fingerprint density at radius 3 is 2.11 bits per heavy atom. The standard InChI is InChI=1S/C14H26N2O4.C5H11NO2/c1-3-5-7-11(17)8-9-12(13(18)6-4-2)16-14(19)10-20-15;1-2-3-5(7)4-8-6/h12H,3-10,15H2,1-2H3,(H,16,19);2-4,6H2,1H3/i2D;1D. The zero-order valence-electron chi connectivity index (χ0n) is 18.9. The zero-order chi connectivity index (χ0) is 23.2. The van der Waals surface area contributed by atoms with Gasteiger partial charge in [0.1, 0.15) is 19.0 Å². The van der Waals surface area contributed by atoms with Crippen molar-refractivity contribution in [1.29, 1.82) is 0 Å². The fraction of sp³-hybridized carbons (Fsp3) is 0.789. The summed E-state index contributed by atoms with van der Waals surface area (Å²) in [6, 6.07) is -0.704. The second-order valence-corrected chi connectivity index (χ2v) is 6.14. The maximum Gasteiger partial charge on any atom is 0.248 e. The van der Waals surface area contributed by atoms with Crippen molar-refractivity contribution in [2.75, 3.05) is 13.2 Å². The molecule has 5 N–H and O–H groups in total. The quantitative estimate of drug-likeness (QED) is 0.327. The smallest absolute Gasteiger partial charge is 0.248 e. The van der Waals surface area contributed by atoms with Crippen LogP contribution in [0.2, 0.25) is 0 Å². The molecule has 1 unspecified atom stereocenters. The molecular formula is C19H37N3O6. The van der Waals surface area contributed by atoms with Crippen LogP contribution < -0.4 is 17.1 Å². The van der Waals surface area contributed by atoms with Crippen LogP contribution in [0.25, 0.3) is 0 Å². The number of ketones is 3. The first-order valence-corrected chi connectivity index (χ1v) is 9.43. The highest BCUT2D eigenvalue weighted by Gasteiger charge is 2.20. The number of nitrogens with two attached hydrogens (primary N) is 2. The first kappa shape index (κ1) is 24.4. The summed E-state index contributed by atoms with van der Waals surface area (Å²) in [5.74, 6) is 8.87. The Hall–Kier alpha value is -1.68. The molecule has 9 nitrogen and oxygen atoms in total. The van der Waals surface area contributed by atoms with Crippen LogP contribution in [-0.2, 0) is 28.9 Å². The molecule has 0 radical (unpaired) electrons. The summed E-state index contributed by atoms with van der Waals surface area (Å²) in [6.45, 7) is 2.10. The largest absolute Gasteiger partial charge is 0.344 e. The molecule has 0 aliphatic rings. The summed E-state index contributed by atoms with van der Waals surface area (Å²) >= 11 is 0. The van der Waals surface area contributed by atoms with Crippen molar-refractivity contribution in [2.24, 2.45) is 11.8 Å². The van der Waals surface area contributed by atoms with Crippen LogP contribution >= 0.6 is 0 Å². The molecule has 1 amide bonds. The van der Waals surface area contributed by atoms with Gasteiger partial charge in [-0.05, 0) is 25.7 Å². The minimum Gasteiger partial charge on any atom is -0.344 e. The minimum atomic E-state index is -0.704. The summed E-state index contributed by atoms with van der Waals surface area (Å²) in [4.78, 5) is 53.9. The number of hydrogen-bond donors (Lipinski definition) is 3. The molecule has 0 aromatic heterocycles. The molecule has 28 heavy (non-hydrogen) atoms. The van der Waals surface area contributed by atoms with Crippen molar-refractivity contribution < 1.29 is 31.6 Å². The number of nitrogens with one attached hydrogen (secondary N) is 1. The topological polar surface area (TPSA) is 151 Å². The lowest BCUT2D eigenvalue weighted by atomic mass is 10.00. The van der Waals surface area contributed by atoms with E-state index in [1.165, 1.54) is 0 Å². The lowest BCUT2D eigenvalue weighted by molar-refractivity contribution is -0.131. The Bertz CT molecular complexity index is 495. The monoisotopic (exact) mass is 405 g/mol. The predicted molar refractivity (Wildman–Crippen MR) is 106 cm³/mol. The lowest BCUT2D eigenvalue weighted by Crippen LogP contribution is -2.43. The highest BCUT2D eigenvalue weighted by Crippen LogP contribution is 2.07. The van der Waals surface area contributed by atoms with Gasteiger partial charge in [0.2, 0.25) is 5.91 Å². The second kappa shape index (κ2) is 20.1. The van der Waals surface area contributed by atoms with E-state index in [-0.39, 0.29) is 63.6 Å². The van der Waals surface area contributed by atoms with Crippen LogP contribution in [-0.4, -0.2) is 42.5 Å².